The Morgan fingerprint density at radius 3 is 2.68 bits per heavy atom. The second-order valence-corrected chi connectivity index (χ2v) is 4.03. The Kier molecular flexibility index (Phi) is 3.18. The molecule has 0 saturated heterocycles. The first-order valence-corrected chi connectivity index (χ1v) is 5.93. The van der Waals surface area contributed by atoms with Crippen molar-refractivity contribution >= 4 is 11.7 Å². The Bertz CT molecular complexity index is 581. The number of anilines is 2. The molecule has 0 aliphatic rings. The summed E-state index contributed by atoms with van der Waals surface area (Å²) in [6, 6.07) is 14.0. The third-order valence-corrected chi connectivity index (χ3v) is 2.57. The van der Waals surface area contributed by atoms with Crippen LogP contribution in [0, 0.1) is 0 Å². The van der Waals surface area contributed by atoms with E-state index in [4.69, 9.17) is 4.42 Å². The molecule has 0 atom stereocenters. The number of rotatable bonds is 4. The maximum atomic E-state index is 5.53. The molecule has 0 fully saturated rings. The van der Waals surface area contributed by atoms with Crippen molar-refractivity contribution in [2.75, 3.05) is 5.32 Å². The van der Waals surface area contributed by atoms with Crippen molar-refractivity contribution in [1.29, 1.82) is 0 Å². The summed E-state index contributed by atoms with van der Waals surface area (Å²) in [6.45, 7) is 0. The van der Waals surface area contributed by atoms with Gasteiger partial charge in [0.15, 0.2) is 0 Å². The van der Waals surface area contributed by atoms with Gasteiger partial charge in [-0.05, 0) is 23.8 Å². The summed E-state index contributed by atoms with van der Waals surface area (Å²) in [4.78, 5) is 4.05. The predicted octanol–water partition coefficient (Wildman–Crippen LogP) is 2.80. The molecule has 94 valence electrons. The van der Waals surface area contributed by atoms with Crippen LogP contribution in [0.25, 0.3) is 0 Å². The third-order valence-electron chi connectivity index (χ3n) is 2.57. The maximum absolute atomic E-state index is 5.53. The topological polar surface area (TPSA) is 63.8 Å². The normalized spacial score (nSPS) is 10.3. The summed E-state index contributed by atoms with van der Waals surface area (Å²) in [5.74, 6) is 0.562. The van der Waals surface area contributed by atoms with Gasteiger partial charge in [-0.3, -0.25) is 4.98 Å². The highest BCUT2D eigenvalue weighted by atomic mass is 16.4. The molecule has 1 N–H and O–H groups in total. The highest BCUT2D eigenvalue weighted by molar-refractivity contribution is 5.50. The van der Waals surface area contributed by atoms with Crippen molar-refractivity contribution in [1.82, 2.24) is 15.2 Å². The summed E-state index contributed by atoms with van der Waals surface area (Å²) < 4.78 is 5.53. The van der Waals surface area contributed by atoms with Crippen LogP contribution < -0.4 is 5.32 Å². The zero-order chi connectivity index (χ0) is 12.9. The summed E-state index contributed by atoms with van der Waals surface area (Å²) >= 11 is 0. The molecule has 0 saturated carbocycles. The molecule has 2 heterocycles. The first-order chi connectivity index (χ1) is 9.40. The standard InChI is InChI=1S/C14H12N4O/c1-2-6-12(7-3-1)16-14-18-17-13(19-14)9-11-5-4-8-15-10-11/h1-8,10H,9H2,(H,16,18). The number of benzene rings is 1. The summed E-state index contributed by atoms with van der Waals surface area (Å²) in [5.41, 5.74) is 1.96. The quantitative estimate of drug-likeness (QED) is 0.773. The zero-order valence-corrected chi connectivity index (χ0v) is 10.2. The number of nitrogens with one attached hydrogen (secondary N) is 1. The highest BCUT2D eigenvalue weighted by Crippen LogP contribution is 2.15. The van der Waals surface area contributed by atoms with Gasteiger partial charge in [-0.2, -0.15) is 0 Å². The molecule has 3 rings (SSSR count). The van der Waals surface area contributed by atoms with Gasteiger partial charge in [-0.1, -0.05) is 29.4 Å². The minimum atomic E-state index is 0.394. The number of nitrogens with zero attached hydrogens (tertiary/aromatic N) is 3. The SMILES string of the molecule is c1ccc(Nc2nnc(Cc3cccnc3)o2)cc1. The molecule has 0 radical (unpaired) electrons. The number of aromatic nitrogens is 3. The molecule has 5 heteroatoms. The van der Waals surface area contributed by atoms with E-state index >= 15 is 0 Å². The van der Waals surface area contributed by atoms with Gasteiger partial charge in [0.05, 0.1) is 6.42 Å². The van der Waals surface area contributed by atoms with Gasteiger partial charge in [0.25, 0.3) is 0 Å². The molecule has 0 unspecified atom stereocenters. The molecule has 2 aromatic heterocycles. The van der Waals surface area contributed by atoms with Crippen LogP contribution in [0.2, 0.25) is 0 Å². The van der Waals surface area contributed by atoms with Gasteiger partial charge in [0.2, 0.25) is 5.89 Å². The maximum Gasteiger partial charge on any atom is 0.320 e. The van der Waals surface area contributed by atoms with Crippen LogP contribution in [0.4, 0.5) is 11.7 Å². The highest BCUT2D eigenvalue weighted by Gasteiger charge is 2.06. The molecule has 0 spiro atoms. The monoisotopic (exact) mass is 252 g/mol. The average molecular weight is 252 g/mol. The molecule has 0 bridgehead atoms. The van der Waals surface area contributed by atoms with Crippen molar-refractivity contribution in [2.24, 2.45) is 0 Å². The van der Waals surface area contributed by atoms with Crippen LogP contribution in [-0.4, -0.2) is 15.2 Å². The van der Waals surface area contributed by atoms with Crippen molar-refractivity contribution in [3.05, 3.63) is 66.3 Å². The van der Waals surface area contributed by atoms with E-state index < -0.39 is 0 Å². The fourth-order valence-electron chi connectivity index (χ4n) is 1.70. The Morgan fingerprint density at radius 1 is 1.00 bits per heavy atom. The first kappa shape index (κ1) is 11.4. The van der Waals surface area contributed by atoms with E-state index in [1.165, 1.54) is 0 Å². The zero-order valence-electron chi connectivity index (χ0n) is 10.2. The lowest BCUT2D eigenvalue weighted by Gasteiger charge is -1.99. The van der Waals surface area contributed by atoms with Crippen molar-refractivity contribution in [3.63, 3.8) is 0 Å². The van der Waals surface area contributed by atoms with Crippen LogP contribution in [0.3, 0.4) is 0 Å². The van der Waals surface area contributed by atoms with Gasteiger partial charge in [0, 0.05) is 18.1 Å². The number of para-hydroxylation sites is 1. The van der Waals surface area contributed by atoms with E-state index in [0.717, 1.165) is 11.3 Å². The van der Waals surface area contributed by atoms with Gasteiger partial charge < -0.3 is 9.73 Å². The lowest BCUT2D eigenvalue weighted by atomic mass is 10.2. The molecule has 3 aromatic rings. The summed E-state index contributed by atoms with van der Waals surface area (Å²) in [5, 5.41) is 11.0. The molecular formula is C14H12N4O. The Balaban J connectivity index is 1.70. The Hall–Kier alpha value is -2.69. The van der Waals surface area contributed by atoms with Crippen molar-refractivity contribution in [3.8, 4) is 0 Å². The first-order valence-electron chi connectivity index (χ1n) is 5.93. The Morgan fingerprint density at radius 2 is 1.89 bits per heavy atom. The van der Waals surface area contributed by atoms with E-state index in [1.54, 1.807) is 12.4 Å². The lowest BCUT2D eigenvalue weighted by Crippen LogP contribution is -1.89. The van der Waals surface area contributed by atoms with E-state index in [0.29, 0.717) is 18.3 Å². The number of hydrogen-bond acceptors (Lipinski definition) is 5. The van der Waals surface area contributed by atoms with Crippen molar-refractivity contribution in [2.45, 2.75) is 6.42 Å². The Labute approximate surface area is 110 Å². The second kappa shape index (κ2) is 5.30. The summed E-state index contributed by atoms with van der Waals surface area (Å²) in [7, 11) is 0. The molecular weight excluding hydrogens is 240 g/mol. The van der Waals surface area contributed by atoms with Crippen LogP contribution in [0.1, 0.15) is 11.5 Å². The van der Waals surface area contributed by atoms with E-state index in [2.05, 4.69) is 20.5 Å². The minimum Gasteiger partial charge on any atom is -0.408 e. The fourth-order valence-corrected chi connectivity index (χ4v) is 1.70. The van der Waals surface area contributed by atoms with Gasteiger partial charge in [0.1, 0.15) is 0 Å². The third kappa shape index (κ3) is 2.95. The number of pyridine rings is 1. The summed E-state index contributed by atoms with van der Waals surface area (Å²) in [6.07, 6.45) is 4.10. The molecule has 1 aromatic carbocycles. The molecule has 19 heavy (non-hydrogen) atoms. The van der Waals surface area contributed by atoms with Crippen LogP contribution in [0.5, 0.6) is 0 Å². The fraction of sp³-hybridized carbons (Fsp3) is 0.0714. The smallest absolute Gasteiger partial charge is 0.320 e. The lowest BCUT2D eigenvalue weighted by molar-refractivity contribution is 0.520. The molecule has 0 aliphatic heterocycles. The molecule has 0 amide bonds. The predicted molar refractivity (Wildman–Crippen MR) is 71.1 cm³/mol. The van der Waals surface area contributed by atoms with Gasteiger partial charge in [-0.15, -0.1) is 5.10 Å². The molecule has 0 aliphatic carbocycles. The van der Waals surface area contributed by atoms with Crippen LogP contribution in [0.15, 0.2) is 59.3 Å². The minimum absolute atomic E-state index is 0.394. The van der Waals surface area contributed by atoms with E-state index in [1.807, 2.05) is 42.5 Å². The van der Waals surface area contributed by atoms with E-state index in [-0.39, 0.29) is 0 Å². The van der Waals surface area contributed by atoms with Gasteiger partial charge >= 0.3 is 6.01 Å². The molecule has 5 nitrogen and oxygen atoms in total. The number of hydrogen-bond donors (Lipinski definition) is 1. The van der Waals surface area contributed by atoms with Crippen molar-refractivity contribution < 1.29 is 4.42 Å². The van der Waals surface area contributed by atoms with Crippen LogP contribution in [-0.2, 0) is 6.42 Å². The average Bonchev–Trinajstić information content (AvgIpc) is 2.88. The van der Waals surface area contributed by atoms with Crippen LogP contribution >= 0.6 is 0 Å². The second-order valence-electron chi connectivity index (χ2n) is 4.03. The van der Waals surface area contributed by atoms with Gasteiger partial charge in [-0.25, -0.2) is 0 Å². The largest absolute Gasteiger partial charge is 0.408 e. The van der Waals surface area contributed by atoms with E-state index in [9.17, 15) is 0 Å².